The summed E-state index contributed by atoms with van der Waals surface area (Å²) in [5.41, 5.74) is 1.18. The third-order valence-electron chi connectivity index (χ3n) is 4.02. The molecule has 0 aliphatic rings. The van der Waals surface area contributed by atoms with E-state index in [1.54, 1.807) is 7.11 Å². The molecule has 0 spiro atoms. The number of rotatable bonds is 6. The molecule has 7 heteroatoms. The minimum Gasteiger partial charge on any atom is -0.497 e. The Kier molecular flexibility index (Phi) is 6.31. The van der Waals surface area contributed by atoms with Crippen LogP contribution < -0.4 is 10.1 Å². The molecule has 26 heavy (non-hydrogen) atoms. The second kappa shape index (κ2) is 8.10. The molecule has 0 bridgehead atoms. The summed E-state index contributed by atoms with van der Waals surface area (Å²) in [5, 5.41) is 3.06. The molecule has 0 aliphatic heterocycles. The number of hydrogen-bond donors (Lipinski definition) is 1. The molecular weight excluding hydrogens is 374 g/mol. The average Bonchev–Trinajstić information content (AvgIpc) is 2.58. The van der Waals surface area contributed by atoms with Crippen LogP contribution in [0.4, 0.5) is 0 Å². The fourth-order valence-corrected chi connectivity index (χ4v) is 3.90. The maximum atomic E-state index is 12.7. The second-order valence-electron chi connectivity index (χ2n) is 6.39. The summed E-state index contributed by atoms with van der Waals surface area (Å²) in [6.07, 6.45) is 1.06. The van der Waals surface area contributed by atoms with Crippen LogP contribution in [0.5, 0.6) is 5.75 Å². The molecule has 2 aromatic rings. The van der Waals surface area contributed by atoms with E-state index in [9.17, 15) is 13.2 Å². The van der Waals surface area contributed by atoms with Crippen molar-refractivity contribution in [1.29, 1.82) is 0 Å². The molecule has 1 N–H and O–H groups in total. The number of ether oxygens (including phenoxy) is 1. The van der Waals surface area contributed by atoms with Crippen molar-refractivity contribution in [3.63, 3.8) is 0 Å². The lowest BCUT2D eigenvalue weighted by Gasteiger charge is -2.23. The number of nitrogens with one attached hydrogen (secondary N) is 1. The van der Waals surface area contributed by atoms with Crippen molar-refractivity contribution in [3.05, 3.63) is 58.6 Å². The van der Waals surface area contributed by atoms with E-state index < -0.39 is 9.84 Å². The van der Waals surface area contributed by atoms with Gasteiger partial charge in [0, 0.05) is 11.8 Å². The van der Waals surface area contributed by atoms with E-state index in [0.717, 1.165) is 17.6 Å². The lowest BCUT2D eigenvalue weighted by atomic mass is 9.95. The van der Waals surface area contributed by atoms with Crippen molar-refractivity contribution in [2.45, 2.75) is 24.8 Å². The number of amides is 1. The number of methoxy groups -OCH3 is 1. The van der Waals surface area contributed by atoms with Gasteiger partial charge >= 0.3 is 0 Å². The highest BCUT2D eigenvalue weighted by Crippen LogP contribution is 2.26. The smallest absolute Gasteiger partial charge is 0.251 e. The molecule has 2 aromatic carbocycles. The molecule has 5 nitrogen and oxygen atoms in total. The van der Waals surface area contributed by atoms with E-state index in [4.69, 9.17) is 16.3 Å². The van der Waals surface area contributed by atoms with Crippen LogP contribution in [-0.2, 0) is 9.84 Å². The van der Waals surface area contributed by atoms with Crippen molar-refractivity contribution >= 4 is 27.3 Å². The summed E-state index contributed by atoms with van der Waals surface area (Å²) >= 11 is 5.94. The summed E-state index contributed by atoms with van der Waals surface area (Å²) in [5.74, 6) is 0.508. The lowest BCUT2D eigenvalue weighted by molar-refractivity contribution is 0.0925. The third kappa shape index (κ3) is 4.77. The predicted octanol–water partition coefficient (Wildman–Crippen LogP) is 3.88. The van der Waals surface area contributed by atoms with Gasteiger partial charge in [-0.25, -0.2) is 8.42 Å². The Labute approximate surface area is 159 Å². The monoisotopic (exact) mass is 395 g/mol. The predicted molar refractivity (Wildman–Crippen MR) is 103 cm³/mol. The topological polar surface area (TPSA) is 72.5 Å². The molecule has 0 saturated heterocycles. The number of sulfone groups is 1. The number of carbonyl (C=O) groups excluding carboxylic acids is 1. The molecule has 0 aromatic heterocycles. The summed E-state index contributed by atoms with van der Waals surface area (Å²) < 4.78 is 28.8. The van der Waals surface area contributed by atoms with E-state index in [-0.39, 0.29) is 33.3 Å². The van der Waals surface area contributed by atoms with Crippen LogP contribution in [0.2, 0.25) is 5.02 Å². The van der Waals surface area contributed by atoms with Crippen molar-refractivity contribution in [3.8, 4) is 5.75 Å². The van der Waals surface area contributed by atoms with Gasteiger partial charge in [-0.3, -0.25) is 4.79 Å². The highest BCUT2D eigenvalue weighted by atomic mass is 35.5. The molecule has 0 fully saturated rings. The van der Waals surface area contributed by atoms with Crippen LogP contribution >= 0.6 is 11.6 Å². The first-order chi connectivity index (χ1) is 12.1. The molecule has 1 unspecified atom stereocenters. The molecule has 0 radical (unpaired) electrons. The summed E-state index contributed by atoms with van der Waals surface area (Å²) in [6.45, 7) is 4.00. The Bertz CT molecular complexity index is 892. The van der Waals surface area contributed by atoms with Crippen molar-refractivity contribution in [2.24, 2.45) is 5.92 Å². The van der Waals surface area contributed by atoms with Crippen molar-refractivity contribution in [2.75, 3.05) is 13.4 Å². The van der Waals surface area contributed by atoms with Gasteiger partial charge in [0.1, 0.15) is 5.75 Å². The van der Waals surface area contributed by atoms with Gasteiger partial charge < -0.3 is 10.1 Å². The van der Waals surface area contributed by atoms with E-state index in [1.807, 2.05) is 38.1 Å². The Hall–Kier alpha value is -2.05. The summed E-state index contributed by atoms with van der Waals surface area (Å²) in [7, 11) is -1.93. The van der Waals surface area contributed by atoms with Crippen LogP contribution in [0.15, 0.2) is 47.4 Å². The molecule has 0 aliphatic carbocycles. The largest absolute Gasteiger partial charge is 0.497 e. The van der Waals surface area contributed by atoms with Gasteiger partial charge in [-0.1, -0.05) is 37.6 Å². The molecule has 1 amide bonds. The lowest BCUT2D eigenvalue weighted by Crippen LogP contribution is -2.31. The van der Waals surface area contributed by atoms with E-state index in [0.29, 0.717) is 0 Å². The maximum Gasteiger partial charge on any atom is 0.251 e. The summed E-state index contributed by atoms with van der Waals surface area (Å²) in [4.78, 5) is 12.6. The highest BCUT2D eigenvalue weighted by Gasteiger charge is 2.21. The Morgan fingerprint density at radius 1 is 1.12 bits per heavy atom. The fourth-order valence-electron chi connectivity index (χ4n) is 2.60. The van der Waals surface area contributed by atoms with Gasteiger partial charge in [-0.05, 0) is 41.8 Å². The van der Waals surface area contributed by atoms with Gasteiger partial charge in [0.05, 0.1) is 23.1 Å². The molecule has 0 saturated carbocycles. The van der Waals surface area contributed by atoms with Crippen LogP contribution in [0, 0.1) is 5.92 Å². The van der Waals surface area contributed by atoms with Crippen molar-refractivity contribution in [1.82, 2.24) is 5.32 Å². The minimum absolute atomic E-state index is 0.0580. The minimum atomic E-state index is -3.52. The zero-order valence-corrected chi connectivity index (χ0v) is 16.7. The number of hydrogen-bond acceptors (Lipinski definition) is 4. The van der Waals surface area contributed by atoms with Crippen molar-refractivity contribution < 1.29 is 17.9 Å². The molecule has 0 heterocycles. The molecule has 1 atom stereocenters. The van der Waals surface area contributed by atoms with Crippen LogP contribution in [-0.4, -0.2) is 27.7 Å². The number of carbonyl (C=O) groups is 1. The van der Waals surface area contributed by atoms with Crippen LogP contribution in [0.1, 0.15) is 35.8 Å². The average molecular weight is 396 g/mol. The first kappa shape index (κ1) is 20.3. The van der Waals surface area contributed by atoms with Gasteiger partial charge in [0.15, 0.2) is 9.84 Å². The van der Waals surface area contributed by atoms with Gasteiger partial charge in [0.2, 0.25) is 0 Å². The van der Waals surface area contributed by atoms with Crippen LogP contribution in [0.3, 0.4) is 0 Å². The normalized spacial score (nSPS) is 12.7. The van der Waals surface area contributed by atoms with Gasteiger partial charge in [0.25, 0.3) is 5.91 Å². The standard InChI is InChI=1S/C19H22ClNO4S/c1-12(2)18(13-5-8-15(25-3)9-6-13)21-19(22)14-7-10-16(20)17(11-14)26(4,23)24/h5-12,18H,1-4H3,(H,21,22). The van der Waals surface area contributed by atoms with E-state index in [2.05, 4.69) is 5.32 Å². The number of halogens is 1. The SMILES string of the molecule is COc1ccc(C(NC(=O)c2ccc(Cl)c(S(C)(=O)=O)c2)C(C)C)cc1. The Morgan fingerprint density at radius 3 is 2.23 bits per heavy atom. The van der Waals surface area contributed by atoms with Gasteiger partial charge in [-0.2, -0.15) is 0 Å². The van der Waals surface area contributed by atoms with E-state index >= 15 is 0 Å². The zero-order chi connectivity index (χ0) is 19.5. The second-order valence-corrected chi connectivity index (χ2v) is 8.78. The van der Waals surface area contributed by atoms with Gasteiger partial charge in [-0.15, -0.1) is 0 Å². The highest BCUT2D eigenvalue weighted by molar-refractivity contribution is 7.90. The first-order valence-electron chi connectivity index (χ1n) is 8.08. The Morgan fingerprint density at radius 2 is 1.73 bits per heavy atom. The summed E-state index contributed by atoms with van der Waals surface area (Å²) in [6, 6.07) is 11.5. The fraction of sp³-hybridized carbons (Fsp3) is 0.316. The first-order valence-corrected chi connectivity index (χ1v) is 10.3. The maximum absolute atomic E-state index is 12.7. The molecular formula is C19H22ClNO4S. The van der Waals surface area contributed by atoms with E-state index in [1.165, 1.54) is 18.2 Å². The third-order valence-corrected chi connectivity index (χ3v) is 5.60. The zero-order valence-electron chi connectivity index (χ0n) is 15.1. The Balaban J connectivity index is 2.30. The quantitative estimate of drug-likeness (QED) is 0.805. The van der Waals surface area contributed by atoms with Crippen LogP contribution in [0.25, 0.3) is 0 Å². The molecule has 2 rings (SSSR count). The molecule has 140 valence electrons. The number of benzene rings is 2.